The van der Waals surface area contributed by atoms with Crippen molar-refractivity contribution in [3.8, 4) is 0 Å². The third-order valence-corrected chi connectivity index (χ3v) is 3.98. The predicted octanol–water partition coefficient (Wildman–Crippen LogP) is 4.66. The van der Waals surface area contributed by atoms with Crippen LogP contribution in [-0.4, -0.2) is 11.1 Å². The summed E-state index contributed by atoms with van der Waals surface area (Å²) >= 11 is 1.48. The minimum atomic E-state index is -0.887. The summed E-state index contributed by atoms with van der Waals surface area (Å²) in [5.41, 5.74) is 1.64. The molecule has 98 valence electrons. The third-order valence-electron chi connectivity index (χ3n) is 2.89. The molecule has 0 saturated heterocycles. The first-order chi connectivity index (χ1) is 9.08. The van der Waals surface area contributed by atoms with Crippen molar-refractivity contribution in [3.05, 3.63) is 59.7 Å². The maximum absolute atomic E-state index is 11.1. The number of hydrogen-bond donors (Lipinski definition) is 1. The van der Waals surface area contributed by atoms with Crippen LogP contribution in [0.1, 0.15) is 35.7 Å². The lowest BCUT2D eigenvalue weighted by atomic mass is 10.0. The zero-order chi connectivity index (χ0) is 13.8. The number of aromatic carboxylic acids is 1. The van der Waals surface area contributed by atoms with E-state index < -0.39 is 5.97 Å². The van der Waals surface area contributed by atoms with E-state index in [1.807, 2.05) is 24.3 Å². The van der Waals surface area contributed by atoms with Crippen LogP contribution in [0.3, 0.4) is 0 Å². The van der Waals surface area contributed by atoms with Gasteiger partial charge >= 0.3 is 5.97 Å². The van der Waals surface area contributed by atoms with Crippen LogP contribution in [0, 0.1) is 0 Å². The summed E-state index contributed by atoms with van der Waals surface area (Å²) in [5.74, 6) is -0.382. The highest BCUT2D eigenvalue weighted by Crippen LogP contribution is 2.31. The minimum absolute atomic E-state index is 0.348. The maximum atomic E-state index is 11.1. The maximum Gasteiger partial charge on any atom is 0.336 e. The second-order valence-electron chi connectivity index (χ2n) is 4.63. The fraction of sp³-hybridized carbons (Fsp3) is 0.188. The van der Waals surface area contributed by atoms with E-state index in [1.165, 1.54) is 17.3 Å². The minimum Gasteiger partial charge on any atom is -0.478 e. The molecular weight excluding hydrogens is 256 g/mol. The highest BCUT2D eigenvalue weighted by Gasteiger charge is 2.10. The van der Waals surface area contributed by atoms with Crippen molar-refractivity contribution in [3.63, 3.8) is 0 Å². The molecule has 0 spiro atoms. The second kappa shape index (κ2) is 5.93. The van der Waals surface area contributed by atoms with E-state index in [9.17, 15) is 4.79 Å². The molecule has 2 aromatic rings. The van der Waals surface area contributed by atoms with Gasteiger partial charge in [0, 0.05) is 9.79 Å². The van der Waals surface area contributed by atoms with Gasteiger partial charge in [0.2, 0.25) is 0 Å². The monoisotopic (exact) mass is 272 g/mol. The van der Waals surface area contributed by atoms with Crippen LogP contribution in [0.15, 0.2) is 58.3 Å². The Labute approximate surface area is 117 Å². The summed E-state index contributed by atoms with van der Waals surface area (Å²) in [4.78, 5) is 13.0. The molecule has 2 aromatic carbocycles. The summed E-state index contributed by atoms with van der Waals surface area (Å²) < 4.78 is 0. The quantitative estimate of drug-likeness (QED) is 0.879. The average molecular weight is 272 g/mol. The molecule has 0 atom stereocenters. The molecule has 3 heteroatoms. The van der Waals surface area contributed by atoms with Crippen LogP contribution in [0.2, 0.25) is 0 Å². The molecule has 0 aliphatic carbocycles. The van der Waals surface area contributed by atoms with Crippen molar-refractivity contribution in [2.45, 2.75) is 29.6 Å². The topological polar surface area (TPSA) is 37.3 Å². The molecule has 0 heterocycles. The van der Waals surface area contributed by atoms with E-state index in [4.69, 9.17) is 5.11 Å². The van der Waals surface area contributed by atoms with Crippen LogP contribution >= 0.6 is 11.8 Å². The van der Waals surface area contributed by atoms with E-state index in [1.54, 1.807) is 12.1 Å². The van der Waals surface area contributed by atoms with Gasteiger partial charge in [0.15, 0.2) is 0 Å². The van der Waals surface area contributed by atoms with E-state index in [0.717, 1.165) is 9.79 Å². The van der Waals surface area contributed by atoms with Gasteiger partial charge in [-0.3, -0.25) is 0 Å². The molecule has 0 aliphatic rings. The van der Waals surface area contributed by atoms with Crippen molar-refractivity contribution >= 4 is 17.7 Å². The lowest BCUT2D eigenvalue weighted by Crippen LogP contribution is -1.97. The van der Waals surface area contributed by atoms with E-state index in [2.05, 4.69) is 26.0 Å². The Morgan fingerprint density at radius 1 is 1.05 bits per heavy atom. The summed E-state index contributed by atoms with van der Waals surface area (Å²) in [6, 6.07) is 15.3. The Morgan fingerprint density at radius 3 is 2.26 bits per heavy atom. The van der Waals surface area contributed by atoms with Gasteiger partial charge in [-0.15, -0.1) is 0 Å². The lowest BCUT2D eigenvalue weighted by molar-refractivity contribution is 0.0693. The zero-order valence-electron chi connectivity index (χ0n) is 11.0. The van der Waals surface area contributed by atoms with Crippen LogP contribution < -0.4 is 0 Å². The number of rotatable bonds is 4. The van der Waals surface area contributed by atoms with Gasteiger partial charge in [-0.2, -0.15) is 0 Å². The molecule has 0 aromatic heterocycles. The molecule has 0 saturated carbocycles. The first kappa shape index (κ1) is 13.7. The number of carboxylic acid groups (broad SMARTS) is 1. The molecule has 0 radical (unpaired) electrons. The SMILES string of the molecule is CC(C)c1ccc(Sc2ccccc2C(=O)O)cc1. The number of carboxylic acids is 1. The molecule has 0 amide bonds. The van der Waals surface area contributed by atoms with Crippen LogP contribution in [-0.2, 0) is 0 Å². The highest BCUT2D eigenvalue weighted by molar-refractivity contribution is 7.99. The second-order valence-corrected chi connectivity index (χ2v) is 5.74. The molecule has 1 N–H and O–H groups in total. The first-order valence-corrected chi connectivity index (χ1v) is 6.99. The smallest absolute Gasteiger partial charge is 0.336 e. The number of benzene rings is 2. The van der Waals surface area contributed by atoms with Crippen molar-refractivity contribution in [1.82, 2.24) is 0 Å². The first-order valence-electron chi connectivity index (χ1n) is 6.18. The Bertz CT molecular complexity index is 574. The fourth-order valence-electron chi connectivity index (χ4n) is 1.78. The summed E-state index contributed by atoms with van der Waals surface area (Å²) in [6.45, 7) is 4.31. The van der Waals surface area contributed by atoms with Crippen molar-refractivity contribution in [2.24, 2.45) is 0 Å². The number of hydrogen-bond acceptors (Lipinski definition) is 2. The Balaban J connectivity index is 2.24. The van der Waals surface area contributed by atoms with Crippen LogP contribution in [0.4, 0.5) is 0 Å². The van der Waals surface area contributed by atoms with Crippen LogP contribution in [0.5, 0.6) is 0 Å². The van der Waals surface area contributed by atoms with Crippen molar-refractivity contribution in [2.75, 3.05) is 0 Å². The van der Waals surface area contributed by atoms with Gasteiger partial charge in [0.25, 0.3) is 0 Å². The molecule has 0 fully saturated rings. The van der Waals surface area contributed by atoms with Crippen molar-refractivity contribution < 1.29 is 9.90 Å². The molecule has 0 unspecified atom stereocenters. The predicted molar refractivity (Wildman–Crippen MR) is 78.1 cm³/mol. The molecule has 0 aliphatic heterocycles. The van der Waals surface area contributed by atoms with Gasteiger partial charge in [-0.1, -0.05) is 49.9 Å². The Morgan fingerprint density at radius 2 is 1.68 bits per heavy atom. The fourth-order valence-corrected chi connectivity index (χ4v) is 2.72. The van der Waals surface area contributed by atoms with Gasteiger partial charge in [-0.25, -0.2) is 4.79 Å². The molecule has 19 heavy (non-hydrogen) atoms. The summed E-state index contributed by atoms with van der Waals surface area (Å²) in [7, 11) is 0. The van der Waals surface area contributed by atoms with E-state index >= 15 is 0 Å². The van der Waals surface area contributed by atoms with Gasteiger partial charge in [0.1, 0.15) is 0 Å². The van der Waals surface area contributed by atoms with Crippen molar-refractivity contribution in [1.29, 1.82) is 0 Å². The third kappa shape index (κ3) is 3.38. The Hall–Kier alpha value is -1.74. The van der Waals surface area contributed by atoms with Gasteiger partial charge < -0.3 is 5.11 Å². The normalized spacial score (nSPS) is 10.7. The van der Waals surface area contributed by atoms with Gasteiger partial charge in [0.05, 0.1) is 5.56 Å². The summed E-state index contributed by atoms with van der Waals surface area (Å²) in [5, 5.41) is 9.15. The van der Waals surface area contributed by atoms with E-state index in [0.29, 0.717) is 11.5 Å². The molecular formula is C16H16O2S. The zero-order valence-corrected chi connectivity index (χ0v) is 11.8. The molecule has 2 nitrogen and oxygen atoms in total. The highest BCUT2D eigenvalue weighted by atomic mass is 32.2. The largest absolute Gasteiger partial charge is 0.478 e. The standard InChI is InChI=1S/C16H16O2S/c1-11(2)12-7-9-13(10-8-12)19-15-6-4-3-5-14(15)16(17)18/h3-11H,1-2H3,(H,17,18). The number of carbonyl (C=O) groups is 1. The van der Waals surface area contributed by atoms with Crippen LogP contribution in [0.25, 0.3) is 0 Å². The Kier molecular flexibility index (Phi) is 4.27. The molecule has 2 rings (SSSR count). The summed E-state index contributed by atoms with van der Waals surface area (Å²) in [6.07, 6.45) is 0. The van der Waals surface area contributed by atoms with Gasteiger partial charge in [-0.05, 0) is 35.7 Å². The molecule has 0 bridgehead atoms. The van der Waals surface area contributed by atoms with E-state index in [-0.39, 0.29) is 0 Å². The average Bonchev–Trinajstić information content (AvgIpc) is 2.39. The lowest BCUT2D eigenvalue weighted by Gasteiger charge is -2.08.